The molecular weight excluding hydrogens is 667 g/mol. The van der Waals surface area contributed by atoms with Crippen molar-refractivity contribution in [3.63, 3.8) is 0 Å². The number of aromatic carboxylic acids is 1. The summed E-state index contributed by atoms with van der Waals surface area (Å²) < 4.78 is 30.0. The van der Waals surface area contributed by atoms with Gasteiger partial charge in [0.15, 0.2) is 0 Å². The quantitative estimate of drug-likeness (QED) is 0.146. The molecule has 2 aromatic heterocycles. The fraction of sp³-hybridized carbons (Fsp3) is 0.317. The first-order valence-corrected chi connectivity index (χ1v) is 17.9. The van der Waals surface area contributed by atoms with Crippen LogP contribution in [0.1, 0.15) is 65.8 Å². The van der Waals surface area contributed by atoms with Gasteiger partial charge in [-0.2, -0.15) is 5.10 Å². The molecular formula is C41H44ClFN4O4. The van der Waals surface area contributed by atoms with Gasteiger partial charge in [-0.1, -0.05) is 74.8 Å². The van der Waals surface area contributed by atoms with Crippen LogP contribution in [-0.4, -0.2) is 45.1 Å². The molecule has 0 fully saturated rings. The monoisotopic (exact) mass is 710 g/mol. The molecule has 6 aromatic rings. The Hall–Kier alpha value is -4.70. The van der Waals surface area contributed by atoms with Gasteiger partial charge >= 0.3 is 5.97 Å². The van der Waals surface area contributed by atoms with Gasteiger partial charge in [0, 0.05) is 35.5 Å². The lowest BCUT2D eigenvalue weighted by Crippen LogP contribution is -2.13. The van der Waals surface area contributed by atoms with Crippen molar-refractivity contribution in [2.45, 2.75) is 59.8 Å². The van der Waals surface area contributed by atoms with E-state index in [0.717, 1.165) is 74.0 Å². The first-order valence-electron chi connectivity index (χ1n) is 17.5. The maximum Gasteiger partial charge on any atom is 0.352 e. The fourth-order valence-electron chi connectivity index (χ4n) is 7.02. The number of nitrogens with zero attached hydrogens (tertiary/aromatic N) is 3. The molecule has 3 heterocycles. The molecule has 4 aromatic carbocycles. The predicted octanol–water partition coefficient (Wildman–Crippen LogP) is 8.95. The van der Waals surface area contributed by atoms with E-state index in [1.165, 1.54) is 12.1 Å². The van der Waals surface area contributed by atoms with E-state index in [4.69, 9.17) is 26.2 Å². The normalized spacial score (nSPS) is 12.5. The van der Waals surface area contributed by atoms with Crippen molar-refractivity contribution in [2.24, 2.45) is 7.05 Å². The summed E-state index contributed by atoms with van der Waals surface area (Å²) in [6, 6.07) is 22.0. The van der Waals surface area contributed by atoms with Crippen LogP contribution in [0, 0.1) is 5.82 Å². The summed E-state index contributed by atoms with van der Waals surface area (Å²) in [5.41, 5.74) is 7.15. The molecule has 0 aliphatic carbocycles. The lowest BCUT2D eigenvalue weighted by molar-refractivity contribution is 0.0684. The molecule has 0 radical (unpaired) electrons. The standard InChI is InChI=1S/C37H33ClFN3O4.C4H11N/c1-3-30-34-31(41(2)40-30)21-45-20-24-9-5-4-8-23(24)19-42-35-28(15-16-29(38)33(34)35)27(36(42)37(43)44)11-7-17-46-32-12-6-10-22-18-25(39)13-14-26(22)32;1-3-5-4-2/h4-6,8-10,12-16,18H,3,7,11,17,19-21H2,1-2H3,(H,43,44);5H,3-4H2,1-2H3. The van der Waals surface area contributed by atoms with Crippen LogP contribution in [0.25, 0.3) is 32.8 Å². The maximum atomic E-state index is 13.8. The van der Waals surface area contributed by atoms with Gasteiger partial charge in [0.25, 0.3) is 0 Å². The Kier molecular flexibility index (Phi) is 11.4. The molecule has 2 N–H and O–H groups in total. The van der Waals surface area contributed by atoms with Crippen LogP contribution >= 0.6 is 11.6 Å². The molecule has 51 heavy (non-hydrogen) atoms. The number of fused-ring (bicyclic) bond motifs is 4. The summed E-state index contributed by atoms with van der Waals surface area (Å²) in [6.45, 7) is 9.85. The highest BCUT2D eigenvalue weighted by atomic mass is 35.5. The second-order valence-corrected chi connectivity index (χ2v) is 13.0. The topological polar surface area (TPSA) is 90.5 Å². The molecule has 1 aliphatic rings. The molecule has 0 atom stereocenters. The maximum absolute atomic E-state index is 13.8. The number of carboxylic acid groups (broad SMARTS) is 1. The van der Waals surface area contributed by atoms with Gasteiger partial charge in [-0.15, -0.1) is 0 Å². The molecule has 0 spiro atoms. The average Bonchev–Trinajstić information content (AvgIpc) is 3.60. The third-order valence-corrected chi connectivity index (χ3v) is 9.69. The number of ether oxygens (including phenoxy) is 2. The highest BCUT2D eigenvalue weighted by Gasteiger charge is 2.29. The van der Waals surface area contributed by atoms with E-state index in [-0.39, 0.29) is 11.5 Å². The third kappa shape index (κ3) is 7.38. The number of rotatable bonds is 9. The van der Waals surface area contributed by atoms with E-state index in [1.54, 1.807) is 6.07 Å². The van der Waals surface area contributed by atoms with Crippen LogP contribution in [0.4, 0.5) is 4.39 Å². The number of hydrogen-bond donors (Lipinski definition) is 2. The van der Waals surface area contributed by atoms with Crippen molar-refractivity contribution in [1.29, 1.82) is 0 Å². The van der Waals surface area contributed by atoms with Crippen LogP contribution in [0.15, 0.2) is 72.8 Å². The highest BCUT2D eigenvalue weighted by Crippen LogP contribution is 2.43. The van der Waals surface area contributed by atoms with Crippen LogP contribution in [0.5, 0.6) is 5.75 Å². The first-order chi connectivity index (χ1) is 24.8. The summed E-state index contributed by atoms with van der Waals surface area (Å²) in [6.07, 6.45) is 1.71. The van der Waals surface area contributed by atoms with Gasteiger partial charge in [0.2, 0.25) is 0 Å². The highest BCUT2D eigenvalue weighted by molar-refractivity contribution is 6.35. The predicted molar refractivity (Wildman–Crippen MR) is 201 cm³/mol. The van der Waals surface area contributed by atoms with Crippen LogP contribution in [0.2, 0.25) is 5.02 Å². The van der Waals surface area contributed by atoms with E-state index in [1.807, 2.05) is 70.9 Å². The average molecular weight is 711 g/mol. The fourth-order valence-corrected chi connectivity index (χ4v) is 7.27. The van der Waals surface area contributed by atoms with Gasteiger partial charge < -0.3 is 24.5 Å². The van der Waals surface area contributed by atoms with Crippen molar-refractivity contribution in [2.75, 3.05) is 19.7 Å². The van der Waals surface area contributed by atoms with E-state index >= 15 is 0 Å². The number of halogens is 2. The summed E-state index contributed by atoms with van der Waals surface area (Å²) in [7, 11) is 1.91. The van der Waals surface area contributed by atoms with E-state index in [2.05, 4.69) is 26.1 Å². The summed E-state index contributed by atoms with van der Waals surface area (Å²) >= 11 is 7.05. The number of benzene rings is 4. The first kappa shape index (κ1) is 36.1. The third-order valence-electron chi connectivity index (χ3n) is 9.38. The Labute approximate surface area is 302 Å². The molecule has 0 saturated carbocycles. The molecule has 8 nitrogen and oxygen atoms in total. The Morgan fingerprint density at radius 3 is 2.47 bits per heavy atom. The second-order valence-electron chi connectivity index (χ2n) is 12.6. The lowest BCUT2D eigenvalue weighted by Gasteiger charge is -2.15. The summed E-state index contributed by atoms with van der Waals surface area (Å²) in [4.78, 5) is 13.2. The Bertz CT molecular complexity index is 2190. The molecule has 0 amide bonds. The number of carboxylic acids is 1. The zero-order chi connectivity index (χ0) is 36.1. The number of carbonyl (C=O) groups is 1. The van der Waals surface area contributed by atoms with Gasteiger partial charge in [-0.3, -0.25) is 4.68 Å². The molecule has 10 heteroatoms. The minimum atomic E-state index is -1.00. The summed E-state index contributed by atoms with van der Waals surface area (Å²) in [5.74, 6) is -0.639. The zero-order valence-corrected chi connectivity index (χ0v) is 30.3. The number of aromatic nitrogens is 3. The second kappa shape index (κ2) is 16.1. The van der Waals surface area contributed by atoms with Gasteiger partial charge in [0.05, 0.1) is 41.7 Å². The van der Waals surface area contributed by atoms with Crippen molar-refractivity contribution in [3.8, 4) is 16.9 Å². The van der Waals surface area contributed by atoms with Crippen LogP contribution in [0.3, 0.4) is 0 Å². The van der Waals surface area contributed by atoms with Crippen molar-refractivity contribution >= 4 is 39.2 Å². The summed E-state index contributed by atoms with van der Waals surface area (Å²) in [5, 5.41) is 21.7. The molecule has 0 saturated heterocycles. The van der Waals surface area contributed by atoms with Crippen molar-refractivity contribution < 1.29 is 23.8 Å². The van der Waals surface area contributed by atoms with Gasteiger partial charge in [0.1, 0.15) is 17.3 Å². The zero-order valence-electron chi connectivity index (χ0n) is 29.6. The largest absolute Gasteiger partial charge is 0.493 e. The Morgan fingerprint density at radius 2 is 1.75 bits per heavy atom. The number of hydrogen-bond acceptors (Lipinski definition) is 5. The molecule has 0 bridgehead atoms. The SMILES string of the molecule is CCNCC.CCc1nn(C)c2c1-c1c(Cl)ccc3c(CCCOc4cccc5cc(F)ccc45)c(C(=O)O)n(c13)Cc1ccccc1COC2. The molecule has 1 aliphatic heterocycles. The smallest absolute Gasteiger partial charge is 0.352 e. The lowest BCUT2D eigenvalue weighted by atomic mass is 9.97. The van der Waals surface area contributed by atoms with Crippen LogP contribution < -0.4 is 10.1 Å². The Balaban J connectivity index is 0.000000839. The van der Waals surface area contributed by atoms with Crippen LogP contribution in [-0.2, 0) is 44.4 Å². The minimum Gasteiger partial charge on any atom is -0.493 e. The van der Waals surface area contributed by atoms with E-state index in [0.29, 0.717) is 56.4 Å². The minimum absolute atomic E-state index is 0.234. The van der Waals surface area contributed by atoms with E-state index < -0.39 is 5.97 Å². The molecule has 0 unspecified atom stereocenters. The molecule has 266 valence electrons. The van der Waals surface area contributed by atoms with Crippen molar-refractivity contribution in [1.82, 2.24) is 19.7 Å². The number of nitrogens with one attached hydrogen (secondary N) is 1. The van der Waals surface area contributed by atoms with Crippen molar-refractivity contribution in [3.05, 3.63) is 117 Å². The van der Waals surface area contributed by atoms with E-state index in [9.17, 15) is 14.3 Å². The van der Waals surface area contributed by atoms with Gasteiger partial charge in [-0.25, -0.2) is 9.18 Å². The molecule has 7 rings (SSSR count). The Morgan fingerprint density at radius 1 is 0.980 bits per heavy atom. The number of aryl methyl sites for hydroxylation is 3. The van der Waals surface area contributed by atoms with Gasteiger partial charge in [-0.05, 0) is 84.8 Å².